The number of nitrogens with zero attached hydrogens (tertiary/aromatic N) is 5. The van der Waals surface area contributed by atoms with Crippen LogP contribution in [0.3, 0.4) is 0 Å². The SMILES string of the molecule is Cn1c(=O)c2c(ncn2CCCN(c2ccccc2)c2ccccc2)n(C)c1=O. The normalized spacial score (nSPS) is 11.1. The second kappa shape index (κ2) is 7.79. The van der Waals surface area contributed by atoms with Gasteiger partial charge in [-0.3, -0.25) is 13.9 Å². The standard InChI is InChI=1S/C22H23N5O2/c1-24-20-19(21(28)25(2)22(24)29)26(16-23-20)14-9-15-27(17-10-5-3-6-11-17)18-12-7-4-8-13-18/h3-8,10-13,16H,9,14-15H2,1-2H3. The third-order valence-corrected chi connectivity index (χ3v) is 5.13. The van der Waals surface area contributed by atoms with Gasteiger partial charge < -0.3 is 9.47 Å². The molecule has 148 valence electrons. The topological polar surface area (TPSA) is 65.1 Å². The lowest BCUT2D eigenvalue weighted by Crippen LogP contribution is -2.37. The Labute approximate surface area is 168 Å². The van der Waals surface area contributed by atoms with Crippen molar-refractivity contribution in [1.29, 1.82) is 0 Å². The van der Waals surface area contributed by atoms with E-state index in [2.05, 4.69) is 34.1 Å². The number of hydrogen-bond donors (Lipinski definition) is 0. The summed E-state index contributed by atoms with van der Waals surface area (Å²) in [5, 5.41) is 0. The Bertz CT molecular complexity index is 1200. The summed E-state index contributed by atoms with van der Waals surface area (Å²) in [7, 11) is 3.13. The number of imidazole rings is 1. The van der Waals surface area contributed by atoms with E-state index >= 15 is 0 Å². The summed E-state index contributed by atoms with van der Waals surface area (Å²) in [5.41, 5.74) is 2.43. The molecule has 4 rings (SSSR count). The number of benzene rings is 2. The molecule has 0 spiro atoms. The molecule has 0 radical (unpaired) electrons. The summed E-state index contributed by atoms with van der Waals surface area (Å²) in [6.07, 6.45) is 2.45. The highest BCUT2D eigenvalue weighted by molar-refractivity contribution is 5.70. The van der Waals surface area contributed by atoms with Gasteiger partial charge in [-0.05, 0) is 30.7 Å². The van der Waals surface area contributed by atoms with Crippen LogP contribution in [0.25, 0.3) is 11.2 Å². The van der Waals surface area contributed by atoms with E-state index in [0.29, 0.717) is 17.7 Å². The van der Waals surface area contributed by atoms with Gasteiger partial charge in [0.1, 0.15) is 0 Å². The maximum atomic E-state index is 12.6. The van der Waals surface area contributed by atoms with Crippen LogP contribution >= 0.6 is 0 Å². The monoisotopic (exact) mass is 389 g/mol. The van der Waals surface area contributed by atoms with Crippen LogP contribution in [0.15, 0.2) is 76.6 Å². The van der Waals surface area contributed by atoms with Gasteiger partial charge in [0, 0.05) is 38.6 Å². The van der Waals surface area contributed by atoms with Gasteiger partial charge in [0.25, 0.3) is 5.56 Å². The number of hydrogen-bond acceptors (Lipinski definition) is 4. The van der Waals surface area contributed by atoms with Crippen LogP contribution in [0.4, 0.5) is 11.4 Å². The summed E-state index contributed by atoms with van der Waals surface area (Å²) < 4.78 is 4.37. The number of rotatable bonds is 6. The number of para-hydroxylation sites is 2. The third-order valence-electron chi connectivity index (χ3n) is 5.13. The van der Waals surface area contributed by atoms with E-state index in [1.165, 1.54) is 11.6 Å². The molecule has 2 aromatic carbocycles. The predicted octanol–water partition coefficient (Wildman–Crippen LogP) is 2.66. The van der Waals surface area contributed by atoms with Crippen LogP contribution in [-0.2, 0) is 20.6 Å². The first-order valence-corrected chi connectivity index (χ1v) is 9.56. The molecule has 0 saturated heterocycles. The van der Waals surface area contributed by atoms with Crippen molar-refractivity contribution in [2.45, 2.75) is 13.0 Å². The van der Waals surface area contributed by atoms with Gasteiger partial charge in [-0.25, -0.2) is 9.78 Å². The first kappa shape index (κ1) is 18.7. The Morgan fingerprint density at radius 1 is 0.862 bits per heavy atom. The Balaban J connectivity index is 1.60. The van der Waals surface area contributed by atoms with Gasteiger partial charge in [-0.2, -0.15) is 0 Å². The molecule has 0 N–H and O–H groups in total. The first-order valence-electron chi connectivity index (χ1n) is 9.56. The molecule has 0 unspecified atom stereocenters. The molecule has 2 aromatic heterocycles. The first-order chi connectivity index (χ1) is 14.1. The maximum absolute atomic E-state index is 12.6. The molecule has 0 atom stereocenters. The highest BCUT2D eigenvalue weighted by atomic mass is 16.2. The predicted molar refractivity (Wildman–Crippen MR) is 115 cm³/mol. The molecule has 0 fully saturated rings. The maximum Gasteiger partial charge on any atom is 0.332 e. The fourth-order valence-electron chi connectivity index (χ4n) is 3.59. The van der Waals surface area contributed by atoms with E-state index in [-0.39, 0.29) is 11.2 Å². The Morgan fingerprint density at radius 2 is 1.45 bits per heavy atom. The summed E-state index contributed by atoms with van der Waals surface area (Å²) in [6, 6.07) is 20.5. The fourth-order valence-corrected chi connectivity index (χ4v) is 3.59. The Kier molecular flexibility index (Phi) is 5.03. The zero-order chi connectivity index (χ0) is 20.4. The molecule has 0 bridgehead atoms. The summed E-state index contributed by atoms with van der Waals surface area (Å²) >= 11 is 0. The van der Waals surface area contributed by atoms with E-state index < -0.39 is 0 Å². The van der Waals surface area contributed by atoms with E-state index in [1.54, 1.807) is 13.4 Å². The fraction of sp³-hybridized carbons (Fsp3) is 0.227. The minimum absolute atomic E-state index is 0.316. The largest absolute Gasteiger partial charge is 0.341 e. The van der Waals surface area contributed by atoms with Gasteiger partial charge in [0.15, 0.2) is 11.2 Å². The van der Waals surface area contributed by atoms with Crippen molar-refractivity contribution in [2.75, 3.05) is 11.4 Å². The van der Waals surface area contributed by atoms with Crippen LogP contribution in [0, 0.1) is 0 Å². The number of fused-ring (bicyclic) bond motifs is 1. The molecule has 29 heavy (non-hydrogen) atoms. The van der Waals surface area contributed by atoms with Crippen molar-refractivity contribution in [1.82, 2.24) is 18.7 Å². The van der Waals surface area contributed by atoms with Crippen molar-refractivity contribution in [3.05, 3.63) is 87.8 Å². The summed E-state index contributed by atoms with van der Waals surface area (Å²) in [5.74, 6) is 0. The number of aromatic nitrogens is 4. The second-order valence-corrected chi connectivity index (χ2v) is 6.99. The van der Waals surface area contributed by atoms with Crippen molar-refractivity contribution < 1.29 is 0 Å². The Hall–Kier alpha value is -3.61. The highest BCUT2D eigenvalue weighted by Gasteiger charge is 2.15. The minimum atomic E-state index is -0.368. The average Bonchev–Trinajstić information content (AvgIpc) is 3.19. The van der Waals surface area contributed by atoms with Gasteiger partial charge in [-0.1, -0.05) is 36.4 Å². The molecular formula is C22H23N5O2. The quantitative estimate of drug-likeness (QED) is 0.509. The van der Waals surface area contributed by atoms with Crippen molar-refractivity contribution in [3.8, 4) is 0 Å². The molecule has 0 aliphatic carbocycles. The van der Waals surface area contributed by atoms with Crippen LogP contribution in [-0.4, -0.2) is 25.2 Å². The molecular weight excluding hydrogens is 366 g/mol. The third kappa shape index (κ3) is 3.47. The molecule has 0 amide bonds. The van der Waals surface area contributed by atoms with Crippen LogP contribution in [0.2, 0.25) is 0 Å². The number of aryl methyl sites for hydroxylation is 2. The Morgan fingerprint density at radius 3 is 2.03 bits per heavy atom. The van der Waals surface area contributed by atoms with Crippen LogP contribution in [0.5, 0.6) is 0 Å². The number of anilines is 2. The average molecular weight is 389 g/mol. The summed E-state index contributed by atoms with van der Waals surface area (Å²) in [4.78, 5) is 31.3. The lowest BCUT2D eigenvalue weighted by molar-refractivity contribution is 0.649. The van der Waals surface area contributed by atoms with Gasteiger partial charge in [0.05, 0.1) is 6.33 Å². The zero-order valence-electron chi connectivity index (χ0n) is 16.5. The zero-order valence-corrected chi connectivity index (χ0v) is 16.5. The van der Waals surface area contributed by atoms with Crippen LogP contribution in [0.1, 0.15) is 6.42 Å². The molecule has 7 heteroatoms. The molecule has 2 heterocycles. The van der Waals surface area contributed by atoms with Crippen LogP contribution < -0.4 is 16.1 Å². The van der Waals surface area contributed by atoms with Gasteiger partial charge in [-0.15, -0.1) is 0 Å². The van der Waals surface area contributed by atoms with Gasteiger partial charge in [0.2, 0.25) is 0 Å². The highest BCUT2D eigenvalue weighted by Crippen LogP contribution is 2.25. The van der Waals surface area contributed by atoms with Crippen molar-refractivity contribution in [3.63, 3.8) is 0 Å². The van der Waals surface area contributed by atoms with E-state index in [0.717, 1.165) is 28.9 Å². The molecule has 4 aromatic rings. The lowest BCUT2D eigenvalue weighted by Gasteiger charge is -2.25. The lowest BCUT2D eigenvalue weighted by atomic mass is 10.2. The van der Waals surface area contributed by atoms with E-state index in [9.17, 15) is 9.59 Å². The van der Waals surface area contributed by atoms with Gasteiger partial charge >= 0.3 is 5.69 Å². The molecule has 0 aliphatic rings. The molecule has 7 nitrogen and oxygen atoms in total. The minimum Gasteiger partial charge on any atom is -0.341 e. The molecule has 0 saturated carbocycles. The summed E-state index contributed by atoms with van der Waals surface area (Å²) in [6.45, 7) is 1.40. The van der Waals surface area contributed by atoms with Crippen molar-refractivity contribution in [2.24, 2.45) is 14.1 Å². The molecule has 0 aliphatic heterocycles. The smallest absolute Gasteiger partial charge is 0.332 e. The van der Waals surface area contributed by atoms with E-state index in [1.807, 2.05) is 41.0 Å². The van der Waals surface area contributed by atoms with E-state index in [4.69, 9.17) is 0 Å². The van der Waals surface area contributed by atoms with Crippen molar-refractivity contribution >= 4 is 22.5 Å². The second-order valence-electron chi connectivity index (χ2n) is 6.99.